The van der Waals surface area contributed by atoms with Gasteiger partial charge < -0.3 is 10.1 Å². The average molecular weight is 261 g/mol. The maximum atomic E-state index is 5.57. The summed E-state index contributed by atoms with van der Waals surface area (Å²) in [4.78, 5) is 0. The van der Waals surface area contributed by atoms with Crippen molar-refractivity contribution in [1.82, 2.24) is 5.32 Å². The van der Waals surface area contributed by atoms with Crippen LogP contribution in [0.25, 0.3) is 0 Å². The van der Waals surface area contributed by atoms with E-state index in [4.69, 9.17) is 4.74 Å². The Hall–Kier alpha value is -0.860. The Morgan fingerprint density at radius 3 is 2.89 bits per heavy atom. The van der Waals surface area contributed by atoms with Gasteiger partial charge in [0.25, 0.3) is 0 Å². The van der Waals surface area contributed by atoms with Crippen LogP contribution in [0.1, 0.15) is 43.4 Å². The van der Waals surface area contributed by atoms with Crippen molar-refractivity contribution in [2.24, 2.45) is 5.92 Å². The summed E-state index contributed by atoms with van der Waals surface area (Å²) < 4.78 is 5.57. The third-order valence-corrected chi connectivity index (χ3v) is 3.59. The average Bonchev–Trinajstić information content (AvgIpc) is 2.84. The molecule has 0 unspecified atom stereocenters. The van der Waals surface area contributed by atoms with E-state index in [1.165, 1.54) is 24.8 Å². The van der Waals surface area contributed by atoms with E-state index in [1.54, 1.807) is 11.1 Å². The number of rotatable bonds is 8. The van der Waals surface area contributed by atoms with Crippen LogP contribution >= 0.6 is 0 Å². The highest BCUT2D eigenvalue weighted by atomic mass is 16.5. The largest absolute Gasteiger partial charge is 0.381 e. The normalized spacial score (nSPS) is 14.1. The highest BCUT2D eigenvalue weighted by Gasteiger charge is 2.10. The number of hydrogen-bond donors (Lipinski definition) is 1. The minimum absolute atomic E-state index is 0.638. The Morgan fingerprint density at radius 1 is 1.21 bits per heavy atom. The van der Waals surface area contributed by atoms with Crippen LogP contribution in [-0.4, -0.2) is 19.8 Å². The molecule has 1 aliphatic carbocycles. The lowest BCUT2D eigenvalue weighted by Gasteiger charge is -2.08. The molecule has 19 heavy (non-hydrogen) atoms. The predicted molar refractivity (Wildman–Crippen MR) is 80.4 cm³/mol. The van der Waals surface area contributed by atoms with E-state index >= 15 is 0 Å². The molecule has 0 radical (unpaired) electrons. The summed E-state index contributed by atoms with van der Waals surface area (Å²) >= 11 is 0. The Kier molecular flexibility index (Phi) is 5.87. The summed E-state index contributed by atoms with van der Waals surface area (Å²) in [6, 6.07) is 6.96. The van der Waals surface area contributed by atoms with Crippen molar-refractivity contribution in [3.8, 4) is 0 Å². The molecule has 0 aromatic heterocycles. The van der Waals surface area contributed by atoms with Gasteiger partial charge in [0.05, 0.1) is 0 Å². The van der Waals surface area contributed by atoms with Crippen LogP contribution in [0.2, 0.25) is 0 Å². The lowest BCUT2D eigenvalue weighted by atomic mass is 10.1. The van der Waals surface area contributed by atoms with Gasteiger partial charge >= 0.3 is 0 Å². The molecule has 0 fully saturated rings. The summed E-state index contributed by atoms with van der Waals surface area (Å²) in [5.41, 5.74) is 4.55. The van der Waals surface area contributed by atoms with E-state index in [1.807, 2.05) is 0 Å². The van der Waals surface area contributed by atoms with Crippen molar-refractivity contribution in [3.05, 3.63) is 34.9 Å². The number of fused-ring (bicyclic) bond motifs is 1. The first-order chi connectivity index (χ1) is 9.25. The summed E-state index contributed by atoms with van der Waals surface area (Å²) in [6.07, 6.45) is 4.97. The molecule has 0 aliphatic heterocycles. The SMILES string of the molecule is CC(C)COCCCNCc1ccc2c(c1)CCC2. The zero-order valence-electron chi connectivity index (χ0n) is 12.4. The molecule has 106 valence electrons. The third-order valence-electron chi connectivity index (χ3n) is 3.59. The number of hydrogen-bond acceptors (Lipinski definition) is 2. The summed E-state index contributed by atoms with van der Waals surface area (Å²) in [5.74, 6) is 0.638. The van der Waals surface area contributed by atoms with Gasteiger partial charge in [-0.1, -0.05) is 32.0 Å². The lowest BCUT2D eigenvalue weighted by Crippen LogP contribution is -2.17. The van der Waals surface area contributed by atoms with Crippen LogP contribution in [0.4, 0.5) is 0 Å². The minimum Gasteiger partial charge on any atom is -0.381 e. The fourth-order valence-electron chi connectivity index (χ4n) is 2.59. The van der Waals surface area contributed by atoms with Crippen LogP contribution in [-0.2, 0) is 24.1 Å². The predicted octanol–water partition coefficient (Wildman–Crippen LogP) is 3.33. The maximum Gasteiger partial charge on any atom is 0.0489 e. The Bertz CT molecular complexity index is 387. The van der Waals surface area contributed by atoms with E-state index in [-0.39, 0.29) is 0 Å². The molecule has 2 rings (SSSR count). The van der Waals surface area contributed by atoms with Crippen LogP contribution in [0.5, 0.6) is 0 Å². The van der Waals surface area contributed by atoms with Gasteiger partial charge in [-0.15, -0.1) is 0 Å². The fourth-order valence-corrected chi connectivity index (χ4v) is 2.59. The lowest BCUT2D eigenvalue weighted by molar-refractivity contribution is 0.108. The van der Waals surface area contributed by atoms with Crippen molar-refractivity contribution in [1.29, 1.82) is 0 Å². The van der Waals surface area contributed by atoms with Gasteiger partial charge in [-0.3, -0.25) is 0 Å². The second kappa shape index (κ2) is 7.66. The first-order valence-electron chi connectivity index (χ1n) is 7.65. The molecule has 0 spiro atoms. The molecule has 0 heterocycles. The number of benzene rings is 1. The molecule has 1 N–H and O–H groups in total. The fraction of sp³-hybridized carbons (Fsp3) is 0.647. The molecule has 2 heteroatoms. The van der Waals surface area contributed by atoms with E-state index in [0.29, 0.717) is 5.92 Å². The molecular formula is C17H27NO. The monoisotopic (exact) mass is 261 g/mol. The van der Waals surface area contributed by atoms with Gasteiger partial charge in [0.1, 0.15) is 0 Å². The maximum absolute atomic E-state index is 5.57. The highest BCUT2D eigenvalue weighted by Crippen LogP contribution is 2.22. The van der Waals surface area contributed by atoms with E-state index in [2.05, 4.69) is 37.4 Å². The van der Waals surface area contributed by atoms with Gasteiger partial charge in [0.15, 0.2) is 0 Å². The second-order valence-corrected chi connectivity index (χ2v) is 5.96. The van der Waals surface area contributed by atoms with E-state index in [9.17, 15) is 0 Å². The van der Waals surface area contributed by atoms with Gasteiger partial charge in [-0.05, 0) is 54.8 Å². The summed E-state index contributed by atoms with van der Waals surface area (Å²) in [7, 11) is 0. The highest BCUT2D eigenvalue weighted by molar-refractivity contribution is 5.35. The number of ether oxygens (including phenoxy) is 1. The molecule has 1 aromatic carbocycles. The smallest absolute Gasteiger partial charge is 0.0489 e. The Balaban J connectivity index is 1.58. The van der Waals surface area contributed by atoms with Gasteiger partial charge in [-0.25, -0.2) is 0 Å². The van der Waals surface area contributed by atoms with Crippen LogP contribution in [0, 0.1) is 5.92 Å². The van der Waals surface area contributed by atoms with Crippen LogP contribution in [0.15, 0.2) is 18.2 Å². The number of aryl methyl sites for hydroxylation is 2. The molecule has 0 saturated heterocycles. The Labute approximate surface area is 117 Å². The first kappa shape index (κ1) is 14.5. The summed E-state index contributed by atoms with van der Waals surface area (Å²) in [6.45, 7) is 8.14. The molecule has 0 saturated carbocycles. The van der Waals surface area contributed by atoms with Crippen molar-refractivity contribution in [3.63, 3.8) is 0 Å². The van der Waals surface area contributed by atoms with Crippen molar-refractivity contribution >= 4 is 0 Å². The standard InChI is InChI=1S/C17H27NO/c1-14(2)13-19-10-4-9-18-12-15-7-8-16-5-3-6-17(16)11-15/h7-8,11,14,18H,3-6,9-10,12-13H2,1-2H3. The zero-order chi connectivity index (χ0) is 13.5. The van der Waals surface area contributed by atoms with Crippen LogP contribution < -0.4 is 5.32 Å². The van der Waals surface area contributed by atoms with E-state index in [0.717, 1.165) is 32.7 Å². The zero-order valence-corrected chi connectivity index (χ0v) is 12.4. The molecular weight excluding hydrogens is 234 g/mol. The molecule has 2 nitrogen and oxygen atoms in total. The number of nitrogens with one attached hydrogen (secondary N) is 1. The van der Waals surface area contributed by atoms with E-state index < -0.39 is 0 Å². The quantitative estimate of drug-likeness (QED) is 0.725. The summed E-state index contributed by atoms with van der Waals surface area (Å²) in [5, 5.41) is 3.50. The third kappa shape index (κ3) is 4.96. The van der Waals surface area contributed by atoms with Gasteiger partial charge in [-0.2, -0.15) is 0 Å². The van der Waals surface area contributed by atoms with Crippen molar-refractivity contribution in [2.75, 3.05) is 19.8 Å². The molecule has 0 amide bonds. The molecule has 1 aliphatic rings. The van der Waals surface area contributed by atoms with Crippen LogP contribution in [0.3, 0.4) is 0 Å². The molecule has 0 bridgehead atoms. The topological polar surface area (TPSA) is 21.3 Å². The van der Waals surface area contributed by atoms with Crippen molar-refractivity contribution < 1.29 is 4.74 Å². The molecule has 1 aromatic rings. The second-order valence-electron chi connectivity index (χ2n) is 5.96. The minimum atomic E-state index is 0.638. The molecule has 0 atom stereocenters. The van der Waals surface area contributed by atoms with Crippen molar-refractivity contribution in [2.45, 2.75) is 46.1 Å². The Morgan fingerprint density at radius 2 is 2.05 bits per heavy atom. The van der Waals surface area contributed by atoms with Gasteiger partial charge in [0.2, 0.25) is 0 Å². The van der Waals surface area contributed by atoms with Gasteiger partial charge in [0, 0.05) is 19.8 Å². The first-order valence-corrected chi connectivity index (χ1v) is 7.65.